The minimum absolute atomic E-state index is 0.232. The van der Waals surface area contributed by atoms with Crippen molar-refractivity contribution in [2.24, 2.45) is 21.7 Å². The Balaban J connectivity index is 2.46. The number of hydrogen-bond donors (Lipinski definition) is 1. The fourth-order valence-electron chi connectivity index (χ4n) is 4.38. The molecule has 2 heteroatoms. The summed E-state index contributed by atoms with van der Waals surface area (Å²) in [4.78, 5) is 4.89. The van der Waals surface area contributed by atoms with Gasteiger partial charge in [0.05, 0.1) is 6.67 Å². The minimum atomic E-state index is 0.232. The van der Waals surface area contributed by atoms with Crippen LogP contribution in [0.5, 0.6) is 0 Å². The van der Waals surface area contributed by atoms with E-state index in [1.807, 2.05) is 7.05 Å². The average Bonchev–Trinajstić information content (AvgIpc) is 2.75. The molecule has 0 aromatic rings. The van der Waals surface area contributed by atoms with Gasteiger partial charge >= 0.3 is 0 Å². The van der Waals surface area contributed by atoms with E-state index in [1.54, 1.807) is 0 Å². The van der Waals surface area contributed by atoms with E-state index in [1.165, 1.54) is 33.6 Å². The molecule has 32 heavy (non-hydrogen) atoms. The zero-order valence-electron chi connectivity index (χ0n) is 22.1. The van der Waals surface area contributed by atoms with Crippen LogP contribution in [0.1, 0.15) is 81.1 Å². The molecule has 1 N–H and O–H groups in total. The average molecular weight is 435 g/mol. The Kier molecular flexibility index (Phi) is 9.28. The molecule has 0 aromatic heterocycles. The summed E-state index contributed by atoms with van der Waals surface area (Å²) in [6, 6.07) is 0. The van der Waals surface area contributed by atoms with Crippen LogP contribution >= 0.6 is 0 Å². The molecule has 0 radical (unpaired) electrons. The number of hydrogen-bond acceptors (Lipinski definition) is 2. The van der Waals surface area contributed by atoms with Crippen LogP contribution in [-0.2, 0) is 0 Å². The molecule has 0 heterocycles. The van der Waals surface area contributed by atoms with E-state index in [9.17, 15) is 0 Å². The van der Waals surface area contributed by atoms with Gasteiger partial charge < -0.3 is 5.32 Å². The summed E-state index contributed by atoms with van der Waals surface area (Å²) < 4.78 is 0. The molecule has 0 saturated carbocycles. The molecular weight excluding hydrogens is 388 g/mol. The standard InChI is InChI=1S/C30H46N2/c1-10-22(23-12-16-25(17-13-23)29(3,4)5)20-27(28(11-2)32-21-31-9)24-14-18-26(19-15-24)30(6,7)8/h10,12-14,16,18,20,25,31H,11,15,17,19,21H2,1-9H3/b22-10+,27-20-,32-28+. The maximum Gasteiger partial charge on any atom is 0.0885 e. The highest BCUT2D eigenvalue weighted by molar-refractivity contribution is 6.04. The van der Waals surface area contributed by atoms with Gasteiger partial charge in [-0.3, -0.25) is 4.99 Å². The minimum Gasteiger partial charge on any atom is -0.301 e. The highest BCUT2D eigenvalue weighted by atomic mass is 15.0. The van der Waals surface area contributed by atoms with E-state index >= 15 is 0 Å². The van der Waals surface area contributed by atoms with Gasteiger partial charge in [0, 0.05) is 5.71 Å². The van der Waals surface area contributed by atoms with E-state index < -0.39 is 0 Å². The predicted molar refractivity (Wildman–Crippen MR) is 143 cm³/mol. The zero-order chi connectivity index (χ0) is 23.9. The lowest BCUT2D eigenvalue weighted by Gasteiger charge is -2.30. The van der Waals surface area contributed by atoms with Crippen LogP contribution in [-0.4, -0.2) is 19.4 Å². The quantitative estimate of drug-likeness (QED) is 0.317. The summed E-state index contributed by atoms with van der Waals surface area (Å²) in [7, 11) is 1.96. The summed E-state index contributed by atoms with van der Waals surface area (Å²) in [6.45, 7) is 18.9. The SMILES string of the molecule is C\C=C(/C=C(C1=CC=C(C(C)(C)C)CC1)\C(CC)=N\CNC)C1=CCC(C(C)(C)C)C=C1. The van der Waals surface area contributed by atoms with Crippen LogP contribution in [0.4, 0.5) is 0 Å². The van der Waals surface area contributed by atoms with Crippen LogP contribution in [0.3, 0.4) is 0 Å². The Morgan fingerprint density at radius 3 is 2.28 bits per heavy atom. The van der Waals surface area contributed by atoms with Crippen LogP contribution in [0, 0.1) is 16.7 Å². The second-order valence-corrected chi connectivity index (χ2v) is 11.1. The summed E-state index contributed by atoms with van der Waals surface area (Å²) in [5.74, 6) is 0.596. The lowest BCUT2D eigenvalue weighted by atomic mass is 9.75. The molecule has 0 bridgehead atoms. The highest BCUT2D eigenvalue weighted by Gasteiger charge is 2.24. The van der Waals surface area contributed by atoms with Crippen molar-refractivity contribution in [2.75, 3.05) is 13.7 Å². The second-order valence-electron chi connectivity index (χ2n) is 11.1. The zero-order valence-corrected chi connectivity index (χ0v) is 22.1. The number of rotatable bonds is 7. The fourth-order valence-corrected chi connectivity index (χ4v) is 4.38. The first-order valence-electron chi connectivity index (χ1n) is 12.4. The smallest absolute Gasteiger partial charge is 0.0885 e. The molecule has 0 fully saturated rings. The van der Waals surface area contributed by atoms with Gasteiger partial charge in [-0.1, -0.05) is 90.5 Å². The third-order valence-electron chi connectivity index (χ3n) is 6.69. The first-order chi connectivity index (χ1) is 15.0. The van der Waals surface area contributed by atoms with E-state index in [-0.39, 0.29) is 5.41 Å². The van der Waals surface area contributed by atoms with Crippen LogP contribution < -0.4 is 5.32 Å². The fraction of sp³-hybridized carbons (Fsp3) is 0.567. The molecule has 0 aromatic carbocycles. The van der Waals surface area contributed by atoms with Crippen molar-refractivity contribution < 1.29 is 0 Å². The van der Waals surface area contributed by atoms with Crippen molar-refractivity contribution >= 4 is 5.71 Å². The van der Waals surface area contributed by atoms with Gasteiger partial charge in [-0.05, 0) is 84.8 Å². The molecule has 0 saturated heterocycles. The normalized spacial score (nSPS) is 21.3. The molecular formula is C30H46N2. The Labute approximate surface area is 198 Å². The van der Waals surface area contributed by atoms with E-state index in [4.69, 9.17) is 4.99 Å². The van der Waals surface area contributed by atoms with Crippen molar-refractivity contribution in [1.29, 1.82) is 0 Å². The van der Waals surface area contributed by atoms with Gasteiger partial charge in [0.1, 0.15) is 0 Å². The molecule has 1 unspecified atom stereocenters. The Morgan fingerprint density at radius 2 is 1.84 bits per heavy atom. The first kappa shape index (κ1) is 26.3. The van der Waals surface area contributed by atoms with Gasteiger partial charge in [0.15, 0.2) is 0 Å². The summed E-state index contributed by atoms with van der Waals surface area (Å²) in [5.41, 5.74) is 8.57. The summed E-state index contributed by atoms with van der Waals surface area (Å²) in [6.07, 6.45) is 20.7. The van der Waals surface area contributed by atoms with E-state index in [0.29, 0.717) is 18.0 Å². The third-order valence-corrected chi connectivity index (χ3v) is 6.69. The van der Waals surface area contributed by atoms with Crippen LogP contribution in [0.2, 0.25) is 0 Å². The Bertz CT molecular complexity index is 871. The molecule has 1 atom stereocenters. The molecule has 0 aliphatic heterocycles. The van der Waals surface area contributed by atoms with Crippen LogP contribution in [0.15, 0.2) is 75.4 Å². The van der Waals surface area contributed by atoms with Crippen molar-refractivity contribution in [3.63, 3.8) is 0 Å². The Hall–Kier alpha value is -1.93. The van der Waals surface area contributed by atoms with Gasteiger partial charge in [0.2, 0.25) is 0 Å². The monoisotopic (exact) mass is 434 g/mol. The molecule has 2 aliphatic rings. The second kappa shape index (κ2) is 11.3. The summed E-state index contributed by atoms with van der Waals surface area (Å²) in [5, 5.41) is 3.18. The largest absolute Gasteiger partial charge is 0.301 e. The number of nitrogens with zero attached hydrogens (tertiary/aromatic N) is 1. The van der Waals surface area contributed by atoms with Crippen molar-refractivity contribution in [2.45, 2.75) is 81.1 Å². The molecule has 0 spiro atoms. The highest BCUT2D eigenvalue weighted by Crippen LogP contribution is 2.37. The van der Waals surface area contributed by atoms with E-state index in [0.717, 1.165) is 25.7 Å². The van der Waals surface area contributed by atoms with Gasteiger partial charge in [0.25, 0.3) is 0 Å². The molecule has 0 amide bonds. The third kappa shape index (κ3) is 7.04. The van der Waals surface area contributed by atoms with Crippen molar-refractivity contribution in [3.8, 4) is 0 Å². The number of allylic oxidation sites excluding steroid dienone is 12. The molecule has 2 nitrogen and oxygen atoms in total. The lowest BCUT2D eigenvalue weighted by Crippen LogP contribution is -2.19. The van der Waals surface area contributed by atoms with E-state index in [2.05, 4.69) is 103 Å². The first-order valence-corrected chi connectivity index (χ1v) is 12.4. The van der Waals surface area contributed by atoms with Crippen LogP contribution in [0.25, 0.3) is 0 Å². The molecule has 176 valence electrons. The maximum atomic E-state index is 4.89. The topological polar surface area (TPSA) is 24.4 Å². The number of nitrogens with one attached hydrogen (secondary N) is 1. The number of aliphatic imine (C=N–C) groups is 1. The predicted octanol–water partition coefficient (Wildman–Crippen LogP) is 8.13. The van der Waals surface area contributed by atoms with Gasteiger partial charge in [-0.15, -0.1) is 0 Å². The van der Waals surface area contributed by atoms with Gasteiger partial charge in [-0.25, -0.2) is 0 Å². The molecule has 2 rings (SSSR count). The maximum absolute atomic E-state index is 4.89. The lowest BCUT2D eigenvalue weighted by molar-refractivity contribution is 0.293. The van der Waals surface area contributed by atoms with Crippen molar-refractivity contribution in [3.05, 3.63) is 70.4 Å². The van der Waals surface area contributed by atoms with Crippen molar-refractivity contribution in [1.82, 2.24) is 5.32 Å². The Morgan fingerprint density at radius 1 is 1.12 bits per heavy atom. The summed E-state index contributed by atoms with van der Waals surface area (Å²) >= 11 is 0. The molecule has 2 aliphatic carbocycles. The van der Waals surface area contributed by atoms with Gasteiger partial charge in [-0.2, -0.15) is 0 Å².